The highest BCUT2D eigenvalue weighted by Crippen LogP contribution is 2.13. The Morgan fingerprint density at radius 2 is 0.897 bits per heavy atom. The second kappa shape index (κ2) is 28.5. The third kappa shape index (κ3) is 20.5. The Hall–Kier alpha value is -4.93. The van der Waals surface area contributed by atoms with Gasteiger partial charge in [0.25, 0.3) is 0 Å². The maximum atomic E-state index is 13.8. The van der Waals surface area contributed by atoms with Crippen LogP contribution in [0.25, 0.3) is 0 Å². The van der Waals surface area contributed by atoms with Crippen LogP contribution < -0.4 is 49.1 Å². The van der Waals surface area contributed by atoms with Crippen molar-refractivity contribution < 1.29 is 63.6 Å². The maximum absolute atomic E-state index is 13.8. The zero-order chi connectivity index (χ0) is 44.5. The van der Waals surface area contributed by atoms with Crippen LogP contribution in [0.2, 0.25) is 0 Å². The summed E-state index contributed by atoms with van der Waals surface area (Å²) in [6.07, 6.45) is 0.174. The molecule has 0 aromatic heterocycles. The van der Waals surface area contributed by atoms with Crippen LogP contribution in [-0.4, -0.2) is 136 Å². The second-order valence-electron chi connectivity index (χ2n) is 14.4. The van der Waals surface area contributed by atoms with Gasteiger partial charge in [-0.15, -0.1) is 0 Å². The molecule has 0 aliphatic carbocycles. The first-order valence-electron chi connectivity index (χ1n) is 19.5. The summed E-state index contributed by atoms with van der Waals surface area (Å²) >= 11 is 0. The predicted molar refractivity (Wildman–Crippen MR) is 208 cm³/mol. The minimum Gasteiger partial charge on any atom is -0.481 e. The van der Waals surface area contributed by atoms with Crippen LogP contribution in [0.4, 0.5) is 0 Å². The molecule has 0 aromatic carbocycles. The smallest absolute Gasteiger partial charge is 0.326 e. The Balaban J connectivity index is 6.38. The van der Waals surface area contributed by atoms with E-state index < -0.39 is 140 Å². The largest absolute Gasteiger partial charge is 0.481 e. The van der Waals surface area contributed by atoms with Crippen molar-refractivity contribution >= 4 is 53.4 Å². The zero-order valence-electron chi connectivity index (χ0n) is 33.8. The highest BCUT2D eigenvalue weighted by atomic mass is 16.4. The maximum Gasteiger partial charge on any atom is 0.326 e. The summed E-state index contributed by atoms with van der Waals surface area (Å²) in [5, 5.41) is 52.0. The molecule has 0 aliphatic rings. The molecule has 0 aromatic rings. The van der Waals surface area contributed by atoms with Crippen LogP contribution in [0.5, 0.6) is 0 Å². The van der Waals surface area contributed by atoms with Gasteiger partial charge in [-0.3, -0.25) is 38.4 Å². The van der Waals surface area contributed by atoms with Crippen LogP contribution in [0.15, 0.2) is 0 Å². The van der Waals surface area contributed by atoms with Crippen molar-refractivity contribution in [1.29, 1.82) is 0 Å². The van der Waals surface area contributed by atoms with Crippen molar-refractivity contribution in [2.75, 3.05) is 19.7 Å². The summed E-state index contributed by atoms with van der Waals surface area (Å²) in [6, 6.07) is -9.58. The molecule has 0 saturated carbocycles. The molecule has 332 valence electrons. The minimum absolute atomic E-state index is 0.0350. The number of carbonyl (C=O) groups is 9. The molecule has 0 spiro atoms. The Kier molecular flexibility index (Phi) is 26.0. The number of aliphatic hydroxyl groups is 1. The van der Waals surface area contributed by atoms with Crippen LogP contribution in [0, 0.1) is 11.8 Å². The molecule has 8 atom stereocenters. The number of carboxylic acids is 3. The summed E-state index contributed by atoms with van der Waals surface area (Å²) in [5.74, 6) is -10.4. The van der Waals surface area contributed by atoms with E-state index in [-0.39, 0.29) is 25.9 Å². The molecule has 0 rings (SSSR count). The Labute approximate surface area is 337 Å². The van der Waals surface area contributed by atoms with Crippen molar-refractivity contribution in [3.63, 3.8) is 0 Å². The van der Waals surface area contributed by atoms with Gasteiger partial charge in [0.1, 0.15) is 42.3 Å². The minimum atomic E-state index is -1.56. The topological polar surface area (TPSA) is 385 Å². The predicted octanol–water partition coefficient (Wildman–Crippen LogP) is -3.01. The number of nitrogens with two attached hydrogens (primary N) is 3. The molecule has 0 aliphatic heterocycles. The quantitative estimate of drug-likeness (QED) is 0.0309. The van der Waals surface area contributed by atoms with E-state index in [1.165, 1.54) is 0 Å². The molecule has 0 radical (unpaired) electrons. The molecule has 0 bridgehead atoms. The molecule has 0 unspecified atom stereocenters. The van der Waals surface area contributed by atoms with Crippen LogP contribution in [0.3, 0.4) is 0 Å². The molecular weight excluding hydrogens is 766 g/mol. The van der Waals surface area contributed by atoms with Gasteiger partial charge >= 0.3 is 17.9 Å². The van der Waals surface area contributed by atoms with E-state index in [1.807, 2.05) is 0 Å². The summed E-state index contributed by atoms with van der Waals surface area (Å²) in [7, 11) is 0. The lowest BCUT2D eigenvalue weighted by Crippen LogP contribution is -2.61. The van der Waals surface area contributed by atoms with Gasteiger partial charge in [-0.2, -0.15) is 0 Å². The van der Waals surface area contributed by atoms with E-state index in [1.54, 1.807) is 27.7 Å². The van der Waals surface area contributed by atoms with E-state index in [0.717, 1.165) is 0 Å². The fourth-order valence-corrected chi connectivity index (χ4v) is 5.49. The first kappa shape index (κ1) is 53.1. The number of unbranched alkanes of at least 4 members (excludes halogenated alkanes) is 2. The number of nitrogens with one attached hydrogen (secondary N) is 6. The molecular formula is C36H65N9O13. The lowest BCUT2D eigenvalue weighted by atomic mass is 9.96. The average molecular weight is 832 g/mol. The summed E-state index contributed by atoms with van der Waals surface area (Å²) in [5.41, 5.74) is 16.8. The van der Waals surface area contributed by atoms with Crippen molar-refractivity contribution in [3.8, 4) is 0 Å². The van der Waals surface area contributed by atoms with Crippen molar-refractivity contribution in [1.82, 2.24) is 31.9 Å². The number of aliphatic carboxylic acids is 3. The highest BCUT2D eigenvalue weighted by Gasteiger charge is 2.35. The SMILES string of the molecule is CC[C@H](C)[C@H](NC(=O)[C@H](CCCCN)NC(=O)[C@@H](NC(=O)[C@H](CCC(=O)O)NC(=O)[C@H](CCCCN)NC(=O)[C@@H](N)CO)C(C)C)C(=O)N[C@@H](CCC(=O)O)C(=O)O. The lowest BCUT2D eigenvalue weighted by Gasteiger charge is -2.30. The number of hydrogen-bond donors (Lipinski definition) is 13. The molecule has 22 nitrogen and oxygen atoms in total. The molecule has 0 saturated heterocycles. The van der Waals surface area contributed by atoms with Gasteiger partial charge in [0.2, 0.25) is 35.4 Å². The molecule has 0 fully saturated rings. The normalized spacial score (nSPS) is 15.3. The van der Waals surface area contributed by atoms with Gasteiger partial charge < -0.3 is 69.5 Å². The van der Waals surface area contributed by atoms with Gasteiger partial charge in [0.15, 0.2) is 0 Å². The lowest BCUT2D eigenvalue weighted by molar-refractivity contribution is -0.144. The molecule has 6 amide bonds. The third-order valence-electron chi connectivity index (χ3n) is 9.27. The number of amides is 6. The first-order valence-corrected chi connectivity index (χ1v) is 19.5. The average Bonchev–Trinajstić information content (AvgIpc) is 3.16. The van der Waals surface area contributed by atoms with Crippen molar-refractivity contribution in [2.24, 2.45) is 29.0 Å². The van der Waals surface area contributed by atoms with Gasteiger partial charge in [0, 0.05) is 12.8 Å². The fraction of sp³-hybridized carbons (Fsp3) is 0.750. The summed E-state index contributed by atoms with van der Waals surface area (Å²) < 4.78 is 0. The first-order chi connectivity index (χ1) is 27.2. The number of aliphatic hydroxyl groups excluding tert-OH is 1. The molecule has 16 N–H and O–H groups in total. The highest BCUT2D eigenvalue weighted by molar-refractivity contribution is 5.97. The Morgan fingerprint density at radius 3 is 1.31 bits per heavy atom. The van der Waals surface area contributed by atoms with Gasteiger partial charge in [-0.25, -0.2) is 4.79 Å². The van der Waals surface area contributed by atoms with Crippen LogP contribution in [-0.2, 0) is 43.2 Å². The van der Waals surface area contributed by atoms with Crippen molar-refractivity contribution in [2.45, 2.75) is 141 Å². The van der Waals surface area contributed by atoms with Crippen LogP contribution in [0.1, 0.15) is 98.3 Å². The van der Waals surface area contributed by atoms with Gasteiger partial charge in [-0.1, -0.05) is 34.1 Å². The third-order valence-corrected chi connectivity index (χ3v) is 9.27. The van der Waals surface area contributed by atoms with E-state index in [9.17, 15) is 58.5 Å². The molecule has 58 heavy (non-hydrogen) atoms. The van der Waals surface area contributed by atoms with Gasteiger partial charge in [-0.05, 0) is 76.3 Å². The van der Waals surface area contributed by atoms with Crippen molar-refractivity contribution in [3.05, 3.63) is 0 Å². The van der Waals surface area contributed by atoms with Crippen LogP contribution >= 0.6 is 0 Å². The number of hydrogen-bond acceptors (Lipinski definition) is 13. The standard InChI is InChI=1S/C36H65N9O13/c1-5-20(4)29(35(56)43-25(36(57)58)13-15-27(49)50)45-32(53)23(11-7-9-17-38)42-34(55)28(19(2)3)44-33(54)24(12-14-26(47)48)41-31(52)22(10-6-8-16-37)40-30(51)21(39)18-46/h19-25,28-29,46H,5-18,37-39H2,1-4H3,(H,40,51)(H,41,52)(H,42,55)(H,43,56)(H,44,54)(H,45,53)(H,47,48)(H,49,50)(H,57,58)/t20-,21-,22-,23-,24-,25-,28-,29-/m0/s1. The second-order valence-corrected chi connectivity index (χ2v) is 14.4. The molecule has 22 heteroatoms. The number of carboxylic acid groups (broad SMARTS) is 3. The molecule has 0 heterocycles. The van der Waals surface area contributed by atoms with E-state index in [2.05, 4.69) is 31.9 Å². The monoisotopic (exact) mass is 831 g/mol. The van der Waals surface area contributed by atoms with Gasteiger partial charge in [0.05, 0.1) is 6.61 Å². The zero-order valence-corrected chi connectivity index (χ0v) is 33.8. The van der Waals surface area contributed by atoms with E-state index >= 15 is 0 Å². The number of rotatable bonds is 31. The summed E-state index contributed by atoms with van der Waals surface area (Å²) in [4.78, 5) is 115. The fourth-order valence-electron chi connectivity index (χ4n) is 5.49. The van der Waals surface area contributed by atoms with E-state index in [4.69, 9.17) is 22.3 Å². The Bertz CT molecular complexity index is 1380. The summed E-state index contributed by atoms with van der Waals surface area (Å²) in [6.45, 7) is 6.35. The number of carbonyl (C=O) groups excluding carboxylic acids is 6. The Morgan fingerprint density at radius 1 is 0.517 bits per heavy atom. The van der Waals surface area contributed by atoms with E-state index in [0.29, 0.717) is 32.1 Å².